The number of para-hydroxylation sites is 2. The van der Waals surface area contributed by atoms with Crippen molar-refractivity contribution in [3.05, 3.63) is 66.0 Å². The van der Waals surface area contributed by atoms with Crippen molar-refractivity contribution in [2.75, 3.05) is 5.43 Å². The van der Waals surface area contributed by atoms with Gasteiger partial charge < -0.3 is 5.32 Å². The average Bonchev–Trinajstić information content (AvgIpc) is 2.98. The van der Waals surface area contributed by atoms with Gasteiger partial charge in [-0.15, -0.1) is 0 Å². The quantitative estimate of drug-likeness (QED) is 0.780. The molecular formula is C17H15N5O. The summed E-state index contributed by atoms with van der Waals surface area (Å²) in [4.78, 5) is 16.4. The molecule has 1 heterocycles. The van der Waals surface area contributed by atoms with Crippen molar-refractivity contribution < 1.29 is 4.79 Å². The number of amides is 2. The Hall–Kier alpha value is -3.33. The molecule has 3 aromatic rings. The van der Waals surface area contributed by atoms with Crippen molar-refractivity contribution in [3.63, 3.8) is 0 Å². The van der Waals surface area contributed by atoms with E-state index in [1.54, 1.807) is 23.1 Å². The van der Waals surface area contributed by atoms with E-state index in [2.05, 4.69) is 21.8 Å². The minimum atomic E-state index is -0.329. The summed E-state index contributed by atoms with van der Waals surface area (Å²) in [7, 11) is 0. The number of nitriles is 1. The van der Waals surface area contributed by atoms with Gasteiger partial charge in [-0.3, -0.25) is 0 Å². The Labute approximate surface area is 133 Å². The molecule has 1 atom stereocenters. The lowest BCUT2D eigenvalue weighted by Gasteiger charge is -2.15. The molecule has 0 saturated carbocycles. The Kier molecular flexibility index (Phi) is 3.93. The highest BCUT2D eigenvalue weighted by molar-refractivity contribution is 5.85. The number of nitrogens with zero attached hydrogens (tertiary/aromatic N) is 3. The molecule has 0 aliphatic heterocycles. The molecule has 3 rings (SSSR count). The highest BCUT2D eigenvalue weighted by Gasteiger charge is 2.10. The van der Waals surface area contributed by atoms with E-state index in [0.29, 0.717) is 5.56 Å². The normalized spacial score (nSPS) is 11.7. The summed E-state index contributed by atoms with van der Waals surface area (Å²) in [5, 5.41) is 11.7. The van der Waals surface area contributed by atoms with Crippen LogP contribution in [-0.4, -0.2) is 15.7 Å². The van der Waals surface area contributed by atoms with Crippen molar-refractivity contribution in [2.24, 2.45) is 0 Å². The van der Waals surface area contributed by atoms with E-state index < -0.39 is 0 Å². The van der Waals surface area contributed by atoms with Crippen molar-refractivity contribution in [2.45, 2.75) is 13.0 Å². The molecule has 0 bridgehead atoms. The number of rotatable bonds is 3. The van der Waals surface area contributed by atoms with Crippen LogP contribution >= 0.6 is 0 Å². The van der Waals surface area contributed by atoms with Gasteiger partial charge in [-0.25, -0.2) is 19.9 Å². The van der Waals surface area contributed by atoms with Gasteiger partial charge in [0.1, 0.15) is 6.33 Å². The molecule has 0 radical (unpaired) electrons. The van der Waals surface area contributed by atoms with E-state index in [1.807, 2.05) is 43.3 Å². The highest BCUT2D eigenvalue weighted by Crippen LogP contribution is 2.13. The minimum absolute atomic E-state index is 0.183. The Morgan fingerprint density at radius 3 is 2.70 bits per heavy atom. The second-order valence-corrected chi connectivity index (χ2v) is 5.14. The summed E-state index contributed by atoms with van der Waals surface area (Å²) in [5.74, 6) is 0. The number of nitrogens with one attached hydrogen (secondary N) is 2. The maximum Gasteiger partial charge on any atom is 0.334 e. The standard InChI is InChI=1S/C17H15N5O/c1-12(14-8-6-13(10-18)7-9-14)20-17(23)21-22-11-19-15-4-2-3-5-16(15)22/h2-9,11-12H,1H3,(H2,20,21,23). The number of carbonyl (C=O) groups excluding carboxylic acids is 1. The van der Waals surface area contributed by atoms with Crippen LogP contribution in [0.1, 0.15) is 24.1 Å². The van der Waals surface area contributed by atoms with Crippen LogP contribution in [0.4, 0.5) is 4.79 Å². The van der Waals surface area contributed by atoms with Crippen molar-refractivity contribution >= 4 is 17.1 Å². The average molecular weight is 305 g/mol. The maximum absolute atomic E-state index is 12.1. The molecule has 23 heavy (non-hydrogen) atoms. The Morgan fingerprint density at radius 1 is 1.22 bits per heavy atom. The summed E-state index contributed by atoms with van der Waals surface area (Å²) >= 11 is 0. The van der Waals surface area contributed by atoms with Gasteiger partial charge in [0.05, 0.1) is 28.7 Å². The van der Waals surface area contributed by atoms with E-state index in [9.17, 15) is 4.79 Å². The second-order valence-electron chi connectivity index (χ2n) is 5.14. The van der Waals surface area contributed by atoms with Gasteiger partial charge in [0, 0.05) is 0 Å². The lowest BCUT2D eigenvalue weighted by atomic mass is 10.1. The number of fused-ring (bicyclic) bond motifs is 1. The van der Waals surface area contributed by atoms with E-state index in [0.717, 1.165) is 16.6 Å². The number of benzene rings is 2. The number of carbonyl (C=O) groups is 1. The summed E-state index contributed by atoms with van der Waals surface area (Å²) in [6.45, 7) is 1.88. The molecule has 0 spiro atoms. The molecule has 2 aromatic carbocycles. The van der Waals surface area contributed by atoms with Gasteiger partial charge in [0.2, 0.25) is 0 Å². The predicted molar refractivity (Wildman–Crippen MR) is 87.2 cm³/mol. The fraction of sp³-hybridized carbons (Fsp3) is 0.118. The van der Waals surface area contributed by atoms with Crippen LogP contribution in [0.5, 0.6) is 0 Å². The Balaban J connectivity index is 1.67. The fourth-order valence-corrected chi connectivity index (χ4v) is 2.32. The molecule has 6 nitrogen and oxygen atoms in total. The highest BCUT2D eigenvalue weighted by atomic mass is 16.2. The van der Waals surface area contributed by atoms with Crippen LogP contribution in [0.25, 0.3) is 11.0 Å². The van der Waals surface area contributed by atoms with Gasteiger partial charge in [-0.05, 0) is 36.8 Å². The first-order valence-electron chi connectivity index (χ1n) is 7.17. The van der Waals surface area contributed by atoms with E-state index in [4.69, 9.17) is 5.26 Å². The Bertz CT molecular complexity index is 876. The van der Waals surface area contributed by atoms with Crippen LogP contribution in [-0.2, 0) is 0 Å². The van der Waals surface area contributed by atoms with Crippen molar-refractivity contribution in [3.8, 4) is 6.07 Å². The molecule has 114 valence electrons. The van der Waals surface area contributed by atoms with Crippen molar-refractivity contribution in [1.82, 2.24) is 15.0 Å². The zero-order valence-corrected chi connectivity index (χ0v) is 12.5. The van der Waals surface area contributed by atoms with Crippen LogP contribution in [0.15, 0.2) is 54.9 Å². The number of urea groups is 1. The lowest BCUT2D eigenvalue weighted by molar-refractivity contribution is 0.247. The number of imidazole rings is 1. The lowest BCUT2D eigenvalue weighted by Crippen LogP contribution is -2.35. The fourth-order valence-electron chi connectivity index (χ4n) is 2.32. The first-order valence-corrected chi connectivity index (χ1v) is 7.17. The largest absolute Gasteiger partial charge is 0.334 e. The predicted octanol–water partition coefficient (Wildman–Crippen LogP) is 2.92. The van der Waals surface area contributed by atoms with Crippen LogP contribution in [0, 0.1) is 11.3 Å². The smallest absolute Gasteiger partial charge is 0.330 e. The van der Waals surface area contributed by atoms with E-state index in [-0.39, 0.29) is 12.1 Å². The molecule has 6 heteroatoms. The van der Waals surface area contributed by atoms with Crippen LogP contribution < -0.4 is 10.7 Å². The summed E-state index contributed by atoms with van der Waals surface area (Å²) in [6, 6.07) is 16.2. The number of hydrogen-bond acceptors (Lipinski definition) is 3. The molecule has 0 saturated heterocycles. The first kappa shape index (κ1) is 14.6. The molecule has 2 N–H and O–H groups in total. The van der Waals surface area contributed by atoms with Gasteiger partial charge in [-0.1, -0.05) is 24.3 Å². The molecule has 0 fully saturated rings. The van der Waals surface area contributed by atoms with Gasteiger partial charge in [0.25, 0.3) is 0 Å². The molecule has 0 aliphatic carbocycles. The Morgan fingerprint density at radius 2 is 1.96 bits per heavy atom. The summed E-state index contributed by atoms with van der Waals surface area (Å²) < 4.78 is 1.58. The zero-order chi connectivity index (χ0) is 16.2. The minimum Gasteiger partial charge on any atom is -0.330 e. The zero-order valence-electron chi connectivity index (χ0n) is 12.5. The van der Waals surface area contributed by atoms with E-state index in [1.165, 1.54) is 0 Å². The third kappa shape index (κ3) is 3.14. The number of aromatic nitrogens is 2. The SMILES string of the molecule is CC(NC(=O)Nn1cnc2ccccc21)c1ccc(C#N)cc1. The molecular weight excluding hydrogens is 290 g/mol. The van der Waals surface area contributed by atoms with Gasteiger partial charge >= 0.3 is 6.03 Å². The first-order chi connectivity index (χ1) is 11.2. The monoisotopic (exact) mass is 305 g/mol. The molecule has 1 unspecified atom stereocenters. The molecule has 0 aliphatic rings. The second kappa shape index (κ2) is 6.20. The topological polar surface area (TPSA) is 82.7 Å². The molecule has 2 amide bonds. The number of hydrogen-bond donors (Lipinski definition) is 2. The third-order valence-electron chi connectivity index (χ3n) is 3.56. The van der Waals surface area contributed by atoms with Crippen molar-refractivity contribution in [1.29, 1.82) is 5.26 Å². The third-order valence-corrected chi connectivity index (χ3v) is 3.56. The summed E-state index contributed by atoms with van der Waals surface area (Å²) in [6.07, 6.45) is 1.57. The summed E-state index contributed by atoms with van der Waals surface area (Å²) in [5.41, 5.74) is 5.90. The maximum atomic E-state index is 12.1. The van der Waals surface area contributed by atoms with Crippen LogP contribution in [0.2, 0.25) is 0 Å². The van der Waals surface area contributed by atoms with Gasteiger partial charge in [0.15, 0.2) is 0 Å². The van der Waals surface area contributed by atoms with E-state index >= 15 is 0 Å². The van der Waals surface area contributed by atoms with Gasteiger partial charge in [-0.2, -0.15) is 5.26 Å². The molecule has 1 aromatic heterocycles. The van der Waals surface area contributed by atoms with Crippen LogP contribution in [0.3, 0.4) is 0 Å².